The van der Waals surface area contributed by atoms with Crippen LogP contribution >= 0.6 is 23.2 Å². The molecule has 2 aromatic carbocycles. The fourth-order valence-electron chi connectivity index (χ4n) is 1.68. The van der Waals surface area contributed by atoms with E-state index in [1.807, 2.05) is 0 Å². The van der Waals surface area contributed by atoms with E-state index in [4.69, 9.17) is 23.2 Å². The molecule has 0 atom stereocenters. The Hall–Kier alpha value is -1.45. The molecule has 0 spiro atoms. The smallest absolute Gasteiger partial charge is 0.169 e. The second-order valence-electron chi connectivity index (χ2n) is 3.90. The van der Waals surface area contributed by atoms with Crippen LogP contribution in [0.15, 0.2) is 36.4 Å². The summed E-state index contributed by atoms with van der Waals surface area (Å²) in [6.07, 6.45) is -0.269. The number of hydrogen-bond acceptors (Lipinski definition) is 1. The average molecular weight is 301 g/mol. The molecule has 0 saturated carbocycles. The Kier molecular flexibility index (Phi) is 4.17. The zero-order valence-corrected chi connectivity index (χ0v) is 11.1. The van der Waals surface area contributed by atoms with Gasteiger partial charge in [0.15, 0.2) is 5.78 Å². The van der Waals surface area contributed by atoms with Crippen LogP contribution in [-0.4, -0.2) is 5.78 Å². The lowest BCUT2D eigenvalue weighted by molar-refractivity contribution is 0.0991. The van der Waals surface area contributed by atoms with Crippen molar-refractivity contribution in [2.45, 2.75) is 6.42 Å². The summed E-state index contributed by atoms with van der Waals surface area (Å²) in [5.74, 6) is -1.75. The molecule has 0 radical (unpaired) electrons. The molecule has 0 N–H and O–H groups in total. The van der Waals surface area contributed by atoms with Crippen LogP contribution in [0.4, 0.5) is 8.78 Å². The topological polar surface area (TPSA) is 17.1 Å². The van der Waals surface area contributed by atoms with E-state index in [1.54, 1.807) is 0 Å². The molecule has 0 aliphatic rings. The van der Waals surface area contributed by atoms with E-state index in [2.05, 4.69) is 0 Å². The predicted octanol–water partition coefficient (Wildman–Crippen LogP) is 4.70. The van der Waals surface area contributed by atoms with Gasteiger partial charge in [0.1, 0.15) is 11.6 Å². The number of Topliss-reactive ketones (excluding diaryl/α,β-unsaturated/α-hetero) is 1. The second-order valence-corrected chi connectivity index (χ2v) is 4.69. The molecule has 98 valence electrons. The molecule has 0 aliphatic carbocycles. The lowest BCUT2D eigenvalue weighted by Crippen LogP contribution is -2.07. The first kappa shape index (κ1) is 14.0. The van der Waals surface area contributed by atoms with Gasteiger partial charge in [-0.2, -0.15) is 0 Å². The fraction of sp³-hybridized carbons (Fsp3) is 0.0714. The van der Waals surface area contributed by atoms with Crippen molar-refractivity contribution in [3.8, 4) is 0 Å². The highest BCUT2D eigenvalue weighted by molar-refractivity contribution is 6.34. The molecule has 0 unspecified atom stereocenters. The molecule has 0 aliphatic heterocycles. The Morgan fingerprint density at radius 2 is 1.63 bits per heavy atom. The maximum atomic E-state index is 13.6. The highest BCUT2D eigenvalue weighted by atomic mass is 35.5. The number of carbonyl (C=O) groups is 1. The number of rotatable bonds is 3. The van der Waals surface area contributed by atoms with Crippen LogP contribution < -0.4 is 0 Å². The van der Waals surface area contributed by atoms with Crippen LogP contribution in [0, 0.1) is 11.6 Å². The maximum absolute atomic E-state index is 13.6. The first-order chi connectivity index (χ1) is 9.00. The third kappa shape index (κ3) is 2.94. The summed E-state index contributed by atoms with van der Waals surface area (Å²) in [6.45, 7) is 0. The van der Waals surface area contributed by atoms with Crippen molar-refractivity contribution in [1.29, 1.82) is 0 Å². The lowest BCUT2D eigenvalue weighted by Gasteiger charge is -2.07. The molecule has 1 nitrogen and oxygen atoms in total. The summed E-state index contributed by atoms with van der Waals surface area (Å²) in [5, 5.41) is -0.110. The van der Waals surface area contributed by atoms with Gasteiger partial charge >= 0.3 is 0 Å². The van der Waals surface area contributed by atoms with Gasteiger partial charge in [0.05, 0.1) is 5.02 Å². The molecule has 0 aromatic heterocycles. The quantitative estimate of drug-likeness (QED) is 0.751. The van der Waals surface area contributed by atoms with E-state index in [0.29, 0.717) is 0 Å². The Labute approximate surface area is 118 Å². The number of hydrogen-bond donors (Lipinski definition) is 0. The summed E-state index contributed by atoms with van der Waals surface area (Å²) >= 11 is 11.5. The van der Waals surface area contributed by atoms with Gasteiger partial charge in [-0.3, -0.25) is 4.79 Å². The fourth-order valence-corrected chi connectivity index (χ4v) is 2.14. The first-order valence-corrected chi connectivity index (χ1v) is 6.16. The monoisotopic (exact) mass is 300 g/mol. The van der Waals surface area contributed by atoms with Crippen LogP contribution in [0.1, 0.15) is 15.9 Å². The zero-order chi connectivity index (χ0) is 14.0. The van der Waals surface area contributed by atoms with Gasteiger partial charge in [-0.25, -0.2) is 8.78 Å². The van der Waals surface area contributed by atoms with Crippen LogP contribution in [-0.2, 0) is 6.42 Å². The van der Waals surface area contributed by atoms with Gasteiger partial charge in [-0.15, -0.1) is 0 Å². The van der Waals surface area contributed by atoms with Crippen molar-refractivity contribution < 1.29 is 13.6 Å². The molecular formula is C14H8Cl2F2O. The summed E-state index contributed by atoms with van der Waals surface area (Å²) in [4.78, 5) is 12.0. The Morgan fingerprint density at radius 3 is 2.32 bits per heavy atom. The standard InChI is InChI=1S/C14H8Cl2F2O/c15-10-4-2-5-11(17)9(10)7-13(19)8-3-1-6-12(18)14(8)16/h1-6H,7H2. The number of halogens is 4. The van der Waals surface area contributed by atoms with Crippen molar-refractivity contribution in [2.24, 2.45) is 0 Å². The highest BCUT2D eigenvalue weighted by Crippen LogP contribution is 2.24. The summed E-state index contributed by atoms with van der Waals surface area (Å²) in [7, 11) is 0. The molecule has 19 heavy (non-hydrogen) atoms. The molecule has 0 heterocycles. The van der Waals surface area contributed by atoms with Crippen LogP contribution in [0.5, 0.6) is 0 Å². The van der Waals surface area contributed by atoms with Gasteiger partial charge < -0.3 is 0 Å². The van der Waals surface area contributed by atoms with Crippen molar-refractivity contribution in [3.05, 3.63) is 69.2 Å². The molecule has 0 fully saturated rings. The van der Waals surface area contributed by atoms with Crippen LogP contribution in [0.3, 0.4) is 0 Å². The number of carbonyl (C=O) groups excluding carboxylic acids is 1. The van der Waals surface area contributed by atoms with Crippen molar-refractivity contribution in [3.63, 3.8) is 0 Å². The van der Waals surface area contributed by atoms with E-state index < -0.39 is 17.4 Å². The summed E-state index contributed by atoms with van der Waals surface area (Å²) < 4.78 is 26.8. The average Bonchev–Trinajstić information content (AvgIpc) is 2.37. The molecule has 5 heteroatoms. The van der Waals surface area contributed by atoms with Gasteiger partial charge in [0, 0.05) is 22.6 Å². The third-order valence-corrected chi connectivity index (χ3v) is 3.39. The first-order valence-electron chi connectivity index (χ1n) is 5.41. The van der Waals surface area contributed by atoms with E-state index in [-0.39, 0.29) is 27.6 Å². The van der Waals surface area contributed by atoms with Crippen molar-refractivity contribution in [2.75, 3.05) is 0 Å². The highest BCUT2D eigenvalue weighted by Gasteiger charge is 2.17. The normalized spacial score (nSPS) is 10.5. The van der Waals surface area contributed by atoms with E-state index >= 15 is 0 Å². The van der Waals surface area contributed by atoms with Gasteiger partial charge in [-0.1, -0.05) is 35.3 Å². The zero-order valence-electron chi connectivity index (χ0n) is 9.59. The Bertz CT molecular complexity index is 621. The Morgan fingerprint density at radius 1 is 1.00 bits per heavy atom. The molecule has 0 saturated heterocycles. The number of ketones is 1. The van der Waals surface area contributed by atoms with Gasteiger partial charge in [-0.05, 0) is 24.3 Å². The second kappa shape index (κ2) is 5.68. The molecular weight excluding hydrogens is 293 g/mol. The maximum Gasteiger partial charge on any atom is 0.169 e. The molecule has 0 bridgehead atoms. The van der Waals surface area contributed by atoms with Gasteiger partial charge in [0.25, 0.3) is 0 Å². The van der Waals surface area contributed by atoms with E-state index in [0.717, 1.165) is 6.07 Å². The van der Waals surface area contributed by atoms with Crippen LogP contribution in [0.25, 0.3) is 0 Å². The molecule has 2 aromatic rings. The van der Waals surface area contributed by atoms with Crippen LogP contribution in [0.2, 0.25) is 10.0 Å². The largest absolute Gasteiger partial charge is 0.294 e. The number of benzene rings is 2. The molecule has 2 rings (SSSR count). The summed E-state index contributed by atoms with van der Waals surface area (Å²) in [6, 6.07) is 8.05. The van der Waals surface area contributed by atoms with E-state index in [1.165, 1.54) is 30.3 Å². The Balaban J connectivity index is 2.34. The minimum atomic E-state index is -0.688. The third-order valence-electron chi connectivity index (χ3n) is 2.65. The summed E-state index contributed by atoms with van der Waals surface area (Å²) in [5.41, 5.74) is 0.0930. The van der Waals surface area contributed by atoms with Crippen molar-refractivity contribution in [1.82, 2.24) is 0 Å². The van der Waals surface area contributed by atoms with Gasteiger partial charge in [0.2, 0.25) is 0 Å². The minimum Gasteiger partial charge on any atom is -0.294 e. The lowest BCUT2D eigenvalue weighted by atomic mass is 10.0. The minimum absolute atomic E-state index is 0.0148. The van der Waals surface area contributed by atoms with Crippen molar-refractivity contribution >= 4 is 29.0 Å². The predicted molar refractivity (Wildman–Crippen MR) is 70.9 cm³/mol. The SMILES string of the molecule is O=C(Cc1c(F)cccc1Cl)c1cccc(F)c1Cl. The molecule has 0 amide bonds. The van der Waals surface area contributed by atoms with E-state index in [9.17, 15) is 13.6 Å².